The Kier molecular flexibility index (Phi) is 40.3. The molecule has 8 nitrogen and oxygen atoms in total. The molecule has 0 amide bonds. The third-order valence-electron chi connectivity index (χ3n) is 9.34. The number of esters is 1. The molecule has 0 saturated heterocycles. The van der Waals surface area contributed by atoms with Crippen LogP contribution in [0.1, 0.15) is 206 Å². The van der Waals surface area contributed by atoms with Crippen LogP contribution in [0.3, 0.4) is 0 Å². The molecule has 0 spiro atoms. The van der Waals surface area contributed by atoms with Gasteiger partial charge in [0.2, 0.25) is 0 Å². The number of hydrogen-bond acceptors (Lipinski definition) is 7. The fraction of sp³-hybridized carbons (Fsp3) is 0.884. The van der Waals surface area contributed by atoms with Crippen molar-refractivity contribution in [3.8, 4) is 0 Å². The molecule has 0 aromatic carbocycles. The van der Waals surface area contributed by atoms with Gasteiger partial charge in [-0.3, -0.25) is 13.8 Å². The van der Waals surface area contributed by atoms with Gasteiger partial charge >= 0.3 is 13.8 Å². The highest BCUT2D eigenvalue weighted by atomic mass is 31.2. The number of carbonyl (C=O) groups excluding carboxylic acids is 1. The lowest BCUT2D eigenvalue weighted by Gasteiger charge is -2.20. The van der Waals surface area contributed by atoms with Gasteiger partial charge in [0.15, 0.2) is 0 Å². The van der Waals surface area contributed by atoms with E-state index in [1.807, 2.05) is 0 Å². The van der Waals surface area contributed by atoms with Crippen molar-refractivity contribution in [3.63, 3.8) is 0 Å². The predicted octanol–water partition coefficient (Wildman–Crippen LogP) is 12.9. The minimum Gasteiger partial charge on any atom is -0.457 e. The number of phosphoric acid groups is 1. The molecule has 2 atom stereocenters. The Morgan fingerprint density at radius 1 is 0.558 bits per heavy atom. The normalized spacial score (nSPS) is 13.7. The zero-order valence-corrected chi connectivity index (χ0v) is 35.0. The minimum atomic E-state index is -4.27. The van der Waals surface area contributed by atoms with Gasteiger partial charge in [0.25, 0.3) is 0 Å². The standard InChI is InChI=1S/C43H84NO7P/c1-3-5-7-9-11-13-15-17-18-19-20-21-22-23-25-27-29-31-33-35-38-48-40-42(41-50-52(46,47)49-39-37-44)51-43(45)36-34-32-30-28-26-24-16-14-12-10-8-6-4-2/h14,16-18,42H,3-13,15,19-41,44H2,1-2H3,(H,46,47)/b16-14-,18-17-. The summed E-state index contributed by atoms with van der Waals surface area (Å²) in [6.45, 7) is 4.91. The SMILES string of the molecule is CCCCCC/C=C\CCCCCCCC(=O)OC(COCCCCCCCCCCCC/C=C\CCCCCCCC)COP(=O)(O)OCCN. The number of phosphoric ester groups is 1. The topological polar surface area (TPSA) is 117 Å². The average molecular weight is 758 g/mol. The number of rotatable bonds is 42. The summed E-state index contributed by atoms with van der Waals surface area (Å²) in [6, 6.07) is 0. The van der Waals surface area contributed by atoms with E-state index in [0.29, 0.717) is 13.0 Å². The summed E-state index contributed by atoms with van der Waals surface area (Å²) in [4.78, 5) is 22.4. The molecule has 0 fully saturated rings. The zero-order valence-electron chi connectivity index (χ0n) is 34.1. The maximum atomic E-state index is 12.6. The number of hydrogen-bond donors (Lipinski definition) is 2. The lowest BCUT2D eigenvalue weighted by molar-refractivity contribution is -0.154. The Bertz CT molecular complexity index is 853. The number of ether oxygens (including phenoxy) is 2. The van der Waals surface area contributed by atoms with Gasteiger partial charge in [-0.15, -0.1) is 0 Å². The maximum absolute atomic E-state index is 12.6. The summed E-state index contributed by atoms with van der Waals surface area (Å²) >= 11 is 0. The Morgan fingerprint density at radius 3 is 1.42 bits per heavy atom. The van der Waals surface area contributed by atoms with Gasteiger partial charge in [-0.05, 0) is 64.2 Å². The second-order valence-electron chi connectivity index (χ2n) is 14.6. The first-order valence-electron chi connectivity index (χ1n) is 21.8. The molecule has 2 unspecified atom stereocenters. The molecule has 0 aliphatic rings. The van der Waals surface area contributed by atoms with Gasteiger partial charge in [-0.25, -0.2) is 4.57 Å². The molecule has 308 valence electrons. The highest BCUT2D eigenvalue weighted by Crippen LogP contribution is 2.43. The van der Waals surface area contributed by atoms with Crippen LogP contribution in [0.4, 0.5) is 0 Å². The number of nitrogens with two attached hydrogens (primary N) is 1. The Morgan fingerprint density at radius 2 is 0.962 bits per heavy atom. The van der Waals surface area contributed by atoms with Crippen LogP contribution in [0.5, 0.6) is 0 Å². The van der Waals surface area contributed by atoms with E-state index in [0.717, 1.165) is 44.9 Å². The molecular formula is C43H84NO7P. The van der Waals surface area contributed by atoms with Gasteiger partial charge in [-0.1, -0.05) is 160 Å². The Hall–Kier alpha value is -1.02. The minimum absolute atomic E-state index is 0.0959. The summed E-state index contributed by atoms with van der Waals surface area (Å²) < 4.78 is 33.4. The summed E-state index contributed by atoms with van der Waals surface area (Å²) in [5.41, 5.74) is 5.36. The molecule has 0 saturated carbocycles. The van der Waals surface area contributed by atoms with Crippen LogP contribution in [-0.4, -0.2) is 49.9 Å². The van der Waals surface area contributed by atoms with Crippen molar-refractivity contribution >= 4 is 13.8 Å². The molecule has 52 heavy (non-hydrogen) atoms. The molecule has 0 radical (unpaired) electrons. The molecule has 0 rings (SSSR count). The van der Waals surface area contributed by atoms with Gasteiger partial charge < -0.3 is 20.1 Å². The van der Waals surface area contributed by atoms with Crippen LogP contribution in [0.2, 0.25) is 0 Å². The van der Waals surface area contributed by atoms with Gasteiger partial charge in [0.05, 0.1) is 19.8 Å². The fourth-order valence-corrected chi connectivity index (χ4v) is 6.87. The molecule has 0 aromatic heterocycles. The van der Waals surface area contributed by atoms with E-state index in [1.54, 1.807) is 0 Å². The third kappa shape index (κ3) is 40.2. The highest BCUT2D eigenvalue weighted by Gasteiger charge is 2.25. The molecule has 0 aliphatic heterocycles. The monoisotopic (exact) mass is 758 g/mol. The Labute approximate surface area is 321 Å². The number of carbonyl (C=O) groups is 1. The molecule has 0 heterocycles. The predicted molar refractivity (Wildman–Crippen MR) is 220 cm³/mol. The first-order chi connectivity index (χ1) is 25.4. The zero-order chi connectivity index (χ0) is 38.1. The van der Waals surface area contributed by atoms with E-state index < -0.39 is 13.9 Å². The maximum Gasteiger partial charge on any atom is 0.472 e. The first-order valence-corrected chi connectivity index (χ1v) is 23.3. The van der Waals surface area contributed by atoms with E-state index in [1.165, 1.54) is 141 Å². The van der Waals surface area contributed by atoms with Crippen LogP contribution in [0, 0.1) is 0 Å². The van der Waals surface area contributed by atoms with Crippen molar-refractivity contribution < 1.29 is 32.8 Å². The van der Waals surface area contributed by atoms with Crippen LogP contribution in [0.15, 0.2) is 24.3 Å². The Balaban J connectivity index is 3.98. The summed E-state index contributed by atoms with van der Waals surface area (Å²) in [6.07, 6.45) is 44.8. The van der Waals surface area contributed by atoms with Crippen molar-refractivity contribution in [1.82, 2.24) is 0 Å². The first kappa shape index (κ1) is 51.0. The van der Waals surface area contributed by atoms with Crippen molar-refractivity contribution in [2.45, 2.75) is 213 Å². The van der Waals surface area contributed by atoms with Crippen LogP contribution in [0.25, 0.3) is 0 Å². The molecule has 0 aliphatic carbocycles. The second kappa shape index (κ2) is 41.1. The lowest BCUT2D eigenvalue weighted by Crippen LogP contribution is -2.28. The quantitative estimate of drug-likeness (QED) is 0.0273. The van der Waals surface area contributed by atoms with E-state index >= 15 is 0 Å². The highest BCUT2D eigenvalue weighted by molar-refractivity contribution is 7.47. The van der Waals surface area contributed by atoms with Crippen molar-refractivity contribution in [2.24, 2.45) is 5.73 Å². The molecule has 3 N–H and O–H groups in total. The van der Waals surface area contributed by atoms with E-state index in [4.69, 9.17) is 24.3 Å². The molecular weight excluding hydrogens is 673 g/mol. The molecule has 0 aromatic rings. The third-order valence-corrected chi connectivity index (χ3v) is 10.3. The molecule has 9 heteroatoms. The van der Waals surface area contributed by atoms with E-state index in [-0.39, 0.29) is 32.3 Å². The second-order valence-corrected chi connectivity index (χ2v) is 16.0. The van der Waals surface area contributed by atoms with E-state index in [2.05, 4.69) is 38.2 Å². The van der Waals surface area contributed by atoms with Crippen LogP contribution >= 0.6 is 7.82 Å². The average Bonchev–Trinajstić information content (AvgIpc) is 3.13. The fourth-order valence-electron chi connectivity index (χ4n) is 6.10. The van der Waals surface area contributed by atoms with Gasteiger partial charge in [-0.2, -0.15) is 0 Å². The van der Waals surface area contributed by atoms with Crippen LogP contribution < -0.4 is 5.73 Å². The number of unbranched alkanes of at least 4 members (excludes halogenated alkanes) is 25. The number of allylic oxidation sites excluding steroid dienone is 4. The smallest absolute Gasteiger partial charge is 0.457 e. The summed E-state index contributed by atoms with van der Waals surface area (Å²) in [7, 11) is -4.27. The lowest BCUT2D eigenvalue weighted by atomic mass is 10.1. The van der Waals surface area contributed by atoms with E-state index in [9.17, 15) is 14.3 Å². The summed E-state index contributed by atoms with van der Waals surface area (Å²) in [5.74, 6) is -0.338. The van der Waals surface area contributed by atoms with Crippen molar-refractivity contribution in [3.05, 3.63) is 24.3 Å². The van der Waals surface area contributed by atoms with Crippen molar-refractivity contribution in [2.75, 3.05) is 33.0 Å². The molecule has 0 bridgehead atoms. The van der Waals surface area contributed by atoms with Gasteiger partial charge in [0, 0.05) is 19.6 Å². The van der Waals surface area contributed by atoms with Crippen molar-refractivity contribution in [1.29, 1.82) is 0 Å². The summed E-state index contributed by atoms with van der Waals surface area (Å²) in [5, 5.41) is 0. The van der Waals surface area contributed by atoms with Gasteiger partial charge in [0.1, 0.15) is 6.10 Å². The van der Waals surface area contributed by atoms with Crippen LogP contribution in [-0.2, 0) is 27.9 Å². The largest absolute Gasteiger partial charge is 0.472 e.